The number of guanidine groups is 1. The lowest BCUT2D eigenvalue weighted by atomic mass is 9.96. The third kappa shape index (κ3) is 5.74. The molecule has 2 saturated heterocycles. The number of para-hydroxylation sites is 2. The van der Waals surface area contributed by atoms with Gasteiger partial charge in [-0.15, -0.1) is 0 Å². The second kappa shape index (κ2) is 10.7. The van der Waals surface area contributed by atoms with Gasteiger partial charge in [-0.1, -0.05) is 42.0 Å². The van der Waals surface area contributed by atoms with Gasteiger partial charge in [0, 0.05) is 46.3 Å². The topological polar surface area (TPSA) is 54.3 Å². The molecule has 0 bridgehead atoms. The van der Waals surface area contributed by atoms with Crippen LogP contribution in [0, 0.1) is 12.8 Å². The molecule has 6 heteroatoms. The van der Waals surface area contributed by atoms with Gasteiger partial charge in [0.15, 0.2) is 5.96 Å². The lowest BCUT2D eigenvalue weighted by molar-refractivity contribution is 0.177. The Morgan fingerprint density at radius 2 is 1.66 bits per heavy atom. The van der Waals surface area contributed by atoms with E-state index in [2.05, 4.69) is 56.2 Å². The van der Waals surface area contributed by atoms with Crippen molar-refractivity contribution in [3.63, 3.8) is 0 Å². The number of piperazine rings is 1. The number of anilines is 1. The Bertz CT molecular complexity index is 881. The Kier molecular flexibility index (Phi) is 7.53. The predicted octanol–water partition coefficient (Wildman–Crippen LogP) is 3.31. The summed E-state index contributed by atoms with van der Waals surface area (Å²) < 4.78 is 0. The molecule has 172 valence electrons. The fourth-order valence-electron chi connectivity index (χ4n) is 4.76. The summed E-state index contributed by atoms with van der Waals surface area (Å²) in [5, 5.41) is 13.8. The number of nitrogens with zero attached hydrogens (tertiary/aromatic N) is 4. The van der Waals surface area contributed by atoms with Crippen LogP contribution in [-0.2, 0) is 6.54 Å². The van der Waals surface area contributed by atoms with Gasteiger partial charge in [-0.2, -0.15) is 0 Å². The van der Waals surface area contributed by atoms with Crippen LogP contribution in [0.15, 0.2) is 53.5 Å². The maximum absolute atomic E-state index is 10.1. The molecule has 4 rings (SSSR count). The van der Waals surface area contributed by atoms with Crippen molar-refractivity contribution in [2.75, 3.05) is 57.8 Å². The average Bonchev–Trinajstić information content (AvgIpc) is 2.83. The molecule has 2 N–H and O–H groups in total. The molecule has 6 nitrogen and oxygen atoms in total. The maximum Gasteiger partial charge on any atom is 0.193 e. The molecule has 0 unspecified atom stereocenters. The van der Waals surface area contributed by atoms with E-state index in [0.29, 0.717) is 11.7 Å². The van der Waals surface area contributed by atoms with Crippen molar-refractivity contribution in [2.45, 2.75) is 26.3 Å². The van der Waals surface area contributed by atoms with Crippen LogP contribution in [0.25, 0.3) is 0 Å². The number of hydrogen-bond donors (Lipinski definition) is 2. The molecule has 2 aliphatic heterocycles. The average molecular weight is 436 g/mol. The Hall–Kier alpha value is -2.73. The number of aryl methyl sites for hydroxylation is 1. The number of phenols is 1. The number of rotatable bonds is 5. The fourth-order valence-corrected chi connectivity index (χ4v) is 4.76. The first-order valence-electron chi connectivity index (χ1n) is 11.9. The van der Waals surface area contributed by atoms with Crippen LogP contribution in [0.3, 0.4) is 0 Å². The first-order chi connectivity index (χ1) is 15.6. The van der Waals surface area contributed by atoms with E-state index < -0.39 is 0 Å². The highest BCUT2D eigenvalue weighted by Crippen LogP contribution is 2.27. The molecular formula is C26H37N5O. The molecule has 0 saturated carbocycles. The summed E-state index contributed by atoms with van der Waals surface area (Å²) in [4.78, 5) is 11.7. The summed E-state index contributed by atoms with van der Waals surface area (Å²) >= 11 is 0. The zero-order valence-electron chi connectivity index (χ0n) is 19.5. The van der Waals surface area contributed by atoms with Crippen LogP contribution >= 0.6 is 0 Å². The molecule has 0 aromatic heterocycles. The van der Waals surface area contributed by atoms with Crippen LogP contribution in [-0.4, -0.2) is 73.7 Å². The second-order valence-electron chi connectivity index (χ2n) is 9.10. The van der Waals surface area contributed by atoms with E-state index in [-0.39, 0.29) is 0 Å². The molecule has 2 heterocycles. The van der Waals surface area contributed by atoms with E-state index in [0.717, 1.165) is 64.0 Å². The Morgan fingerprint density at radius 1 is 0.969 bits per heavy atom. The van der Waals surface area contributed by atoms with Crippen molar-refractivity contribution in [3.8, 4) is 5.75 Å². The van der Waals surface area contributed by atoms with Crippen molar-refractivity contribution >= 4 is 11.6 Å². The van der Waals surface area contributed by atoms with E-state index in [9.17, 15) is 5.11 Å². The largest absolute Gasteiger partial charge is 0.506 e. The van der Waals surface area contributed by atoms with Crippen molar-refractivity contribution in [1.82, 2.24) is 15.1 Å². The number of nitrogens with one attached hydrogen (secondary N) is 1. The maximum atomic E-state index is 10.1. The Balaban J connectivity index is 1.19. The number of phenolic OH excluding ortho intramolecular Hbond substituents is 1. The van der Waals surface area contributed by atoms with E-state index >= 15 is 0 Å². The minimum absolute atomic E-state index is 0.358. The number of benzene rings is 2. The van der Waals surface area contributed by atoms with Gasteiger partial charge in [0.1, 0.15) is 5.75 Å². The normalized spacial score (nSPS) is 18.8. The lowest BCUT2D eigenvalue weighted by Gasteiger charge is -2.38. The lowest BCUT2D eigenvalue weighted by Crippen LogP contribution is -2.53. The summed E-state index contributed by atoms with van der Waals surface area (Å²) in [5.74, 6) is 2.06. The van der Waals surface area contributed by atoms with Gasteiger partial charge in [-0.05, 0) is 56.5 Å². The highest BCUT2D eigenvalue weighted by atomic mass is 16.3. The van der Waals surface area contributed by atoms with Gasteiger partial charge in [-0.25, -0.2) is 0 Å². The molecule has 0 amide bonds. The van der Waals surface area contributed by atoms with E-state index in [1.165, 1.54) is 24.0 Å². The smallest absolute Gasteiger partial charge is 0.193 e. The molecule has 0 atom stereocenters. The van der Waals surface area contributed by atoms with Crippen LogP contribution in [0.5, 0.6) is 5.75 Å². The minimum Gasteiger partial charge on any atom is -0.506 e. The van der Waals surface area contributed by atoms with Crippen LogP contribution < -0.4 is 10.2 Å². The van der Waals surface area contributed by atoms with Crippen molar-refractivity contribution in [2.24, 2.45) is 10.9 Å². The van der Waals surface area contributed by atoms with Crippen LogP contribution in [0.2, 0.25) is 0 Å². The minimum atomic E-state index is 0.358. The summed E-state index contributed by atoms with van der Waals surface area (Å²) in [5.41, 5.74) is 3.66. The van der Waals surface area contributed by atoms with Gasteiger partial charge in [-0.3, -0.25) is 9.89 Å². The monoisotopic (exact) mass is 435 g/mol. The third-order valence-electron chi connectivity index (χ3n) is 6.80. The van der Waals surface area contributed by atoms with Crippen LogP contribution in [0.1, 0.15) is 24.0 Å². The zero-order chi connectivity index (χ0) is 22.3. The highest BCUT2D eigenvalue weighted by Gasteiger charge is 2.23. The quantitative estimate of drug-likeness (QED) is 0.558. The number of hydrogen-bond acceptors (Lipinski definition) is 4. The molecule has 2 aliphatic rings. The van der Waals surface area contributed by atoms with E-state index in [1.54, 1.807) is 6.07 Å². The predicted molar refractivity (Wildman–Crippen MR) is 132 cm³/mol. The second-order valence-corrected chi connectivity index (χ2v) is 9.10. The standard InChI is InChI=1S/C26H37N5O/c1-21-7-9-23(10-8-21)20-29-13-11-22(12-14-29)19-28-26(27-2)31-17-15-30(16-18-31)24-5-3-4-6-25(24)32/h3-10,22,32H,11-20H2,1-2H3,(H,27,28). The number of aromatic hydroxyl groups is 1. The summed E-state index contributed by atoms with van der Waals surface area (Å²) in [6, 6.07) is 16.5. The van der Waals surface area contributed by atoms with Gasteiger partial charge in [0.05, 0.1) is 5.69 Å². The van der Waals surface area contributed by atoms with Crippen molar-refractivity contribution < 1.29 is 5.11 Å². The van der Waals surface area contributed by atoms with Crippen molar-refractivity contribution in [1.29, 1.82) is 0 Å². The first-order valence-corrected chi connectivity index (χ1v) is 11.9. The molecule has 2 fully saturated rings. The number of aliphatic imine (C=N–C) groups is 1. The first kappa shape index (κ1) is 22.5. The summed E-state index contributed by atoms with van der Waals surface area (Å²) in [6.07, 6.45) is 2.47. The van der Waals surface area contributed by atoms with E-state index in [4.69, 9.17) is 0 Å². The van der Waals surface area contributed by atoms with Gasteiger partial charge in [0.25, 0.3) is 0 Å². The van der Waals surface area contributed by atoms with E-state index in [1.807, 2.05) is 25.2 Å². The number of piperidine rings is 1. The van der Waals surface area contributed by atoms with Gasteiger partial charge in [0.2, 0.25) is 0 Å². The Labute approximate surface area is 192 Å². The Morgan fingerprint density at radius 3 is 2.31 bits per heavy atom. The highest BCUT2D eigenvalue weighted by molar-refractivity contribution is 5.80. The SMILES string of the molecule is CN=C(NCC1CCN(Cc2ccc(C)cc2)CC1)N1CCN(c2ccccc2O)CC1. The summed E-state index contributed by atoms with van der Waals surface area (Å²) in [7, 11) is 1.88. The molecule has 0 radical (unpaired) electrons. The van der Waals surface area contributed by atoms with Crippen molar-refractivity contribution in [3.05, 3.63) is 59.7 Å². The molecular weight excluding hydrogens is 398 g/mol. The fraction of sp³-hybridized carbons (Fsp3) is 0.500. The molecule has 2 aromatic rings. The molecule has 0 spiro atoms. The van der Waals surface area contributed by atoms with Gasteiger partial charge < -0.3 is 20.2 Å². The van der Waals surface area contributed by atoms with Crippen LogP contribution in [0.4, 0.5) is 5.69 Å². The molecule has 0 aliphatic carbocycles. The molecule has 32 heavy (non-hydrogen) atoms. The zero-order valence-corrected chi connectivity index (χ0v) is 19.5. The number of likely N-dealkylation sites (tertiary alicyclic amines) is 1. The van der Waals surface area contributed by atoms with Gasteiger partial charge >= 0.3 is 0 Å². The summed E-state index contributed by atoms with van der Waals surface area (Å²) in [6.45, 7) is 10.1. The molecule has 2 aromatic carbocycles. The third-order valence-corrected chi connectivity index (χ3v) is 6.80.